The number of nitrogens with one attached hydrogen (secondary N) is 1. The molecule has 0 unspecified atom stereocenters. The predicted octanol–water partition coefficient (Wildman–Crippen LogP) is 1.40. The van der Waals surface area contributed by atoms with Gasteiger partial charge in [-0.2, -0.15) is 14.6 Å². The molecule has 0 spiro atoms. The molecule has 6 heteroatoms. The van der Waals surface area contributed by atoms with Crippen molar-refractivity contribution in [1.29, 1.82) is 0 Å². The smallest absolute Gasteiger partial charge is 0.254 e. The highest BCUT2D eigenvalue weighted by atomic mass is 15.4. The van der Waals surface area contributed by atoms with Gasteiger partial charge in [-0.3, -0.25) is 0 Å². The van der Waals surface area contributed by atoms with Gasteiger partial charge >= 0.3 is 0 Å². The summed E-state index contributed by atoms with van der Waals surface area (Å²) in [5, 5.41) is 7.82. The highest BCUT2D eigenvalue weighted by Gasteiger charge is 2.33. The monoisotopic (exact) mass is 286 g/mol. The summed E-state index contributed by atoms with van der Waals surface area (Å²) in [6.45, 7) is 5.47. The number of fused-ring (bicyclic) bond motifs is 1. The van der Waals surface area contributed by atoms with Crippen molar-refractivity contribution >= 4 is 11.6 Å². The molecular formula is C15H22N6. The first-order valence-electron chi connectivity index (χ1n) is 7.96. The molecule has 112 valence electrons. The van der Waals surface area contributed by atoms with Gasteiger partial charge in [0.2, 0.25) is 0 Å². The van der Waals surface area contributed by atoms with Crippen LogP contribution in [0.2, 0.25) is 0 Å². The fourth-order valence-corrected chi connectivity index (χ4v) is 3.27. The van der Waals surface area contributed by atoms with Gasteiger partial charge in [-0.25, -0.2) is 4.98 Å². The van der Waals surface area contributed by atoms with Crippen LogP contribution in [-0.2, 0) is 0 Å². The van der Waals surface area contributed by atoms with Crippen LogP contribution in [0.4, 0.5) is 5.82 Å². The summed E-state index contributed by atoms with van der Waals surface area (Å²) in [6, 6.07) is 2.83. The zero-order chi connectivity index (χ0) is 14.2. The minimum absolute atomic E-state index is 0.675. The first-order valence-corrected chi connectivity index (χ1v) is 7.96. The molecule has 2 fully saturated rings. The molecule has 1 N–H and O–H groups in total. The van der Waals surface area contributed by atoms with Crippen LogP contribution >= 0.6 is 0 Å². The van der Waals surface area contributed by atoms with E-state index in [2.05, 4.69) is 31.3 Å². The number of rotatable bonds is 4. The van der Waals surface area contributed by atoms with Gasteiger partial charge in [0, 0.05) is 24.3 Å². The molecule has 6 nitrogen and oxygen atoms in total. The maximum absolute atomic E-state index is 4.46. The average molecular weight is 286 g/mol. The van der Waals surface area contributed by atoms with Crippen LogP contribution in [0.1, 0.15) is 31.4 Å². The first kappa shape index (κ1) is 13.0. The Bertz CT molecular complexity index is 626. The number of aryl methyl sites for hydroxylation is 1. The van der Waals surface area contributed by atoms with Crippen LogP contribution < -0.4 is 10.2 Å². The van der Waals surface area contributed by atoms with E-state index in [9.17, 15) is 0 Å². The van der Waals surface area contributed by atoms with E-state index in [4.69, 9.17) is 0 Å². The third-order valence-corrected chi connectivity index (χ3v) is 4.56. The van der Waals surface area contributed by atoms with Crippen LogP contribution in [0.15, 0.2) is 12.4 Å². The lowest BCUT2D eigenvalue weighted by Crippen LogP contribution is -2.38. The number of piperidine rings is 1. The largest absolute Gasteiger partial charge is 0.353 e. The highest BCUT2D eigenvalue weighted by molar-refractivity contribution is 5.49. The van der Waals surface area contributed by atoms with Gasteiger partial charge < -0.3 is 10.2 Å². The summed E-state index contributed by atoms with van der Waals surface area (Å²) < 4.78 is 1.90. The van der Waals surface area contributed by atoms with E-state index in [0.717, 1.165) is 37.1 Å². The lowest BCUT2D eigenvalue weighted by molar-refractivity contribution is 0.371. The molecule has 3 heterocycles. The summed E-state index contributed by atoms with van der Waals surface area (Å²) in [6.07, 6.45) is 6.73. The molecule has 0 aromatic carbocycles. The van der Waals surface area contributed by atoms with Crippen LogP contribution in [-0.4, -0.2) is 45.3 Å². The third-order valence-electron chi connectivity index (χ3n) is 4.56. The lowest BCUT2D eigenvalue weighted by Gasteiger charge is -2.31. The Kier molecular flexibility index (Phi) is 3.25. The molecule has 1 saturated heterocycles. The molecule has 0 atom stereocenters. The first-order chi connectivity index (χ1) is 10.3. The summed E-state index contributed by atoms with van der Waals surface area (Å²) >= 11 is 0. The Morgan fingerprint density at radius 3 is 2.86 bits per heavy atom. The fraction of sp³-hybridized carbons (Fsp3) is 0.667. The van der Waals surface area contributed by atoms with Crippen molar-refractivity contribution in [3.05, 3.63) is 18.1 Å². The minimum Gasteiger partial charge on any atom is -0.353 e. The van der Waals surface area contributed by atoms with Crippen molar-refractivity contribution in [2.75, 3.05) is 24.5 Å². The molecule has 2 aromatic heterocycles. The summed E-state index contributed by atoms with van der Waals surface area (Å²) in [5.74, 6) is 2.65. The van der Waals surface area contributed by atoms with Gasteiger partial charge in [-0.15, -0.1) is 0 Å². The molecule has 0 amide bonds. The molecule has 4 rings (SSSR count). The zero-order valence-electron chi connectivity index (χ0n) is 12.5. The van der Waals surface area contributed by atoms with Gasteiger partial charge in [0.05, 0.1) is 0 Å². The van der Waals surface area contributed by atoms with Crippen molar-refractivity contribution in [2.24, 2.45) is 5.92 Å². The average Bonchev–Trinajstić information content (AvgIpc) is 3.23. The van der Waals surface area contributed by atoms with E-state index < -0.39 is 0 Å². The number of hydrogen-bond acceptors (Lipinski definition) is 5. The molecule has 1 aliphatic heterocycles. The number of hydrogen-bond donors (Lipinski definition) is 1. The Balaban J connectivity index is 1.67. The number of aromatic nitrogens is 4. The van der Waals surface area contributed by atoms with Crippen LogP contribution in [0.5, 0.6) is 0 Å². The van der Waals surface area contributed by atoms with Gasteiger partial charge in [-0.05, 0) is 51.6 Å². The van der Waals surface area contributed by atoms with Crippen molar-refractivity contribution < 1.29 is 0 Å². The van der Waals surface area contributed by atoms with Crippen LogP contribution in [0.3, 0.4) is 0 Å². The number of anilines is 1. The van der Waals surface area contributed by atoms with E-state index in [1.165, 1.54) is 25.7 Å². The third kappa shape index (κ3) is 2.60. The Labute approximate surface area is 124 Å². The quantitative estimate of drug-likeness (QED) is 0.920. The molecule has 1 aliphatic carbocycles. The molecule has 1 saturated carbocycles. The van der Waals surface area contributed by atoms with Crippen LogP contribution in [0.25, 0.3) is 5.78 Å². The van der Waals surface area contributed by atoms with E-state index in [0.29, 0.717) is 11.8 Å². The normalized spacial score (nSPS) is 20.0. The summed E-state index contributed by atoms with van der Waals surface area (Å²) in [7, 11) is 0. The van der Waals surface area contributed by atoms with Gasteiger partial charge in [0.25, 0.3) is 5.78 Å². The SMILES string of the molecule is Cc1cc(N(CC2CCNCC2)C2CC2)n2ncnc2n1. The van der Waals surface area contributed by atoms with E-state index in [1.54, 1.807) is 6.33 Å². The van der Waals surface area contributed by atoms with Crippen molar-refractivity contribution in [3.63, 3.8) is 0 Å². The maximum atomic E-state index is 4.46. The van der Waals surface area contributed by atoms with Gasteiger partial charge in [-0.1, -0.05) is 0 Å². The Morgan fingerprint density at radius 2 is 2.10 bits per heavy atom. The summed E-state index contributed by atoms with van der Waals surface area (Å²) in [5.41, 5.74) is 1.02. The van der Waals surface area contributed by atoms with Crippen LogP contribution in [0, 0.1) is 12.8 Å². The molecule has 2 aromatic rings. The van der Waals surface area contributed by atoms with E-state index >= 15 is 0 Å². The second kappa shape index (κ2) is 5.26. The lowest BCUT2D eigenvalue weighted by atomic mass is 9.97. The number of nitrogens with zero attached hydrogens (tertiary/aromatic N) is 5. The fourth-order valence-electron chi connectivity index (χ4n) is 3.27. The van der Waals surface area contributed by atoms with Gasteiger partial charge in [0.1, 0.15) is 12.1 Å². The molecule has 21 heavy (non-hydrogen) atoms. The van der Waals surface area contributed by atoms with Crippen molar-refractivity contribution in [2.45, 2.75) is 38.6 Å². The van der Waals surface area contributed by atoms with Crippen molar-refractivity contribution in [3.8, 4) is 0 Å². The van der Waals surface area contributed by atoms with Crippen molar-refractivity contribution in [1.82, 2.24) is 24.9 Å². The standard InChI is InChI=1S/C15H22N6/c1-11-8-14(21-15(19-11)17-10-18-21)20(13-2-3-13)9-12-4-6-16-7-5-12/h8,10,12-13,16H,2-7,9H2,1H3. The topological polar surface area (TPSA) is 58.4 Å². The molecule has 2 aliphatic rings. The van der Waals surface area contributed by atoms with Gasteiger partial charge in [0.15, 0.2) is 0 Å². The Morgan fingerprint density at radius 1 is 1.29 bits per heavy atom. The zero-order valence-corrected chi connectivity index (χ0v) is 12.5. The molecule has 0 bridgehead atoms. The second-order valence-corrected chi connectivity index (χ2v) is 6.30. The highest BCUT2D eigenvalue weighted by Crippen LogP contribution is 2.33. The summed E-state index contributed by atoms with van der Waals surface area (Å²) in [4.78, 5) is 11.3. The minimum atomic E-state index is 0.675. The molecular weight excluding hydrogens is 264 g/mol. The van der Waals surface area contributed by atoms with E-state index in [-0.39, 0.29) is 0 Å². The molecule has 0 radical (unpaired) electrons. The Hall–Kier alpha value is -1.69. The predicted molar refractivity (Wildman–Crippen MR) is 81.5 cm³/mol. The van der Waals surface area contributed by atoms with E-state index in [1.807, 2.05) is 11.4 Å². The maximum Gasteiger partial charge on any atom is 0.254 e. The second-order valence-electron chi connectivity index (χ2n) is 6.30.